The third-order valence-electron chi connectivity index (χ3n) is 4.76. The summed E-state index contributed by atoms with van der Waals surface area (Å²) in [6.45, 7) is 4.80. The van der Waals surface area contributed by atoms with Crippen molar-refractivity contribution in [3.63, 3.8) is 0 Å². The van der Waals surface area contributed by atoms with Gasteiger partial charge in [0.1, 0.15) is 0 Å². The molecule has 2 heterocycles. The fraction of sp³-hybridized carbons (Fsp3) is 0.625. The fourth-order valence-electron chi connectivity index (χ4n) is 3.76. The molecule has 0 spiro atoms. The second-order valence-electron chi connectivity index (χ2n) is 5.85. The van der Waals surface area contributed by atoms with E-state index in [1.165, 1.54) is 48.8 Å². The molecule has 104 valence electrons. The standard InChI is InChI=1S/C16H23BrN2/c1-12(13-6-2-3-7-14(13)17)19-11-5-9-16(19)15-8-4-10-18-15/h2-3,6-7,12,15-16,18H,4-5,8-11H2,1H3. The Morgan fingerprint density at radius 3 is 2.84 bits per heavy atom. The molecule has 19 heavy (non-hydrogen) atoms. The minimum atomic E-state index is 0.505. The highest BCUT2D eigenvalue weighted by Gasteiger charge is 2.36. The molecule has 0 amide bonds. The third-order valence-corrected chi connectivity index (χ3v) is 5.48. The van der Waals surface area contributed by atoms with Crippen LogP contribution in [-0.2, 0) is 0 Å². The first-order chi connectivity index (χ1) is 9.27. The predicted octanol–water partition coefficient (Wildman–Crippen LogP) is 3.73. The molecule has 3 heteroatoms. The Kier molecular flexibility index (Phi) is 4.25. The molecular formula is C16H23BrN2. The van der Waals surface area contributed by atoms with E-state index in [1.54, 1.807) is 0 Å². The zero-order chi connectivity index (χ0) is 13.2. The lowest BCUT2D eigenvalue weighted by atomic mass is 10.0. The van der Waals surface area contributed by atoms with E-state index in [0.717, 1.165) is 6.04 Å². The van der Waals surface area contributed by atoms with Crippen molar-refractivity contribution in [2.75, 3.05) is 13.1 Å². The van der Waals surface area contributed by atoms with Crippen molar-refractivity contribution in [2.24, 2.45) is 0 Å². The molecule has 3 rings (SSSR count). The molecule has 2 nitrogen and oxygen atoms in total. The average molecular weight is 323 g/mol. The van der Waals surface area contributed by atoms with Crippen LogP contribution >= 0.6 is 15.9 Å². The number of nitrogens with one attached hydrogen (secondary N) is 1. The summed E-state index contributed by atoms with van der Waals surface area (Å²) in [6.07, 6.45) is 5.40. The van der Waals surface area contributed by atoms with E-state index in [-0.39, 0.29) is 0 Å². The first kappa shape index (κ1) is 13.6. The van der Waals surface area contributed by atoms with E-state index >= 15 is 0 Å². The van der Waals surface area contributed by atoms with Crippen LogP contribution in [0.4, 0.5) is 0 Å². The van der Waals surface area contributed by atoms with E-state index in [2.05, 4.69) is 57.3 Å². The highest BCUT2D eigenvalue weighted by atomic mass is 79.9. The third kappa shape index (κ3) is 2.74. The van der Waals surface area contributed by atoms with Crippen molar-refractivity contribution in [1.29, 1.82) is 0 Å². The molecule has 0 radical (unpaired) electrons. The van der Waals surface area contributed by atoms with Crippen molar-refractivity contribution >= 4 is 15.9 Å². The molecule has 0 aliphatic carbocycles. The smallest absolute Gasteiger partial charge is 0.0334 e. The van der Waals surface area contributed by atoms with Gasteiger partial charge in [-0.2, -0.15) is 0 Å². The van der Waals surface area contributed by atoms with Crippen LogP contribution in [0.5, 0.6) is 0 Å². The number of nitrogens with zero attached hydrogens (tertiary/aromatic N) is 1. The first-order valence-electron chi connectivity index (χ1n) is 7.51. The summed E-state index contributed by atoms with van der Waals surface area (Å²) >= 11 is 3.71. The number of benzene rings is 1. The van der Waals surface area contributed by atoms with Crippen molar-refractivity contribution in [3.05, 3.63) is 34.3 Å². The number of halogens is 1. The molecule has 0 aromatic heterocycles. The molecule has 1 aromatic rings. The molecule has 2 fully saturated rings. The molecule has 2 aliphatic rings. The van der Waals surface area contributed by atoms with Gasteiger partial charge in [0.2, 0.25) is 0 Å². The van der Waals surface area contributed by atoms with Crippen LogP contribution in [0.2, 0.25) is 0 Å². The lowest BCUT2D eigenvalue weighted by Crippen LogP contribution is -2.44. The van der Waals surface area contributed by atoms with Crippen LogP contribution in [0, 0.1) is 0 Å². The van der Waals surface area contributed by atoms with Gasteiger partial charge < -0.3 is 5.32 Å². The molecule has 3 atom stereocenters. The first-order valence-corrected chi connectivity index (χ1v) is 8.30. The van der Waals surface area contributed by atoms with Gasteiger partial charge in [0, 0.05) is 22.6 Å². The topological polar surface area (TPSA) is 15.3 Å². The van der Waals surface area contributed by atoms with E-state index < -0.39 is 0 Å². The number of rotatable bonds is 3. The van der Waals surface area contributed by atoms with Crippen molar-refractivity contribution < 1.29 is 0 Å². The summed E-state index contributed by atoms with van der Waals surface area (Å²) in [5.41, 5.74) is 1.42. The maximum absolute atomic E-state index is 3.71. The normalized spacial score (nSPS) is 29.8. The molecule has 2 aliphatic heterocycles. The van der Waals surface area contributed by atoms with Crippen molar-refractivity contribution in [1.82, 2.24) is 10.2 Å². The van der Waals surface area contributed by atoms with Crippen LogP contribution in [0.1, 0.15) is 44.2 Å². The maximum atomic E-state index is 3.71. The van der Waals surface area contributed by atoms with Gasteiger partial charge in [-0.15, -0.1) is 0 Å². The van der Waals surface area contributed by atoms with E-state index in [0.29, 0.717) is 12.1 Å². The molecule has 2 saturated heterocycles. The Labute approximate surface area is 124 Å². The summed E-state index contributed by atoms with van der Waals surface area (Å²) in [6, 6.07) is 10.6. The Hall–Kier alpha value is -0.380. The zero-order valence-corrected chi connectivity index (χ0v) is 13.2. The minimum absolute atomic E-state index is 0.505. The van der Waals surface area contributed by atoms with Gasteiger partial charge >= 0.3 is 0 Å². The molecule has 1 aromatic carbocycles. The summed E-state index contributed by atoms with van der Waals surface area (Å²) < 4.78 is 1.24. The molecule has 0 saturated carbocycles. The lowest BCUT2D eigenvalue weighted by Gasteiger charge is -2.35. The quantitative estimate of drug-likeness (QED) is 0.912. The van der Waals surface area contributed by atoms with Crippen LogP contribution in [0.3, 0.4) is 0 Å². The van der Waals surface area contributed by atoms with Crippen LogP contribution in [-0.4, -0.2) is 30.1 Å². The van der Waals surface area contributed by atoms with Gasteiger partial charge in [-0.1, -0.05) is 34.1 Å². The van der Waals surface area contributed by atoms with Gasteiger partial charge in [-0.3, -0.25) is 4.90 Å². The second kappa shape index (κ2) is 5.94. The molecular weight excluding hydrogens is 300 g/mol. The second-order valence-corrected chi connectivity index (χ2v) is 6.70. The van der Waals surface area contributed by atoms with Gasteiger partial charge in [-0.25, -0.2) is 0 Å². The summed E-state index contributed by atoms with van der Waals surface area (Å²) in [7, 11) is 0. The van der Waals surface area contributed by atoms with E-state index in [9.17, 15) is 0 Å². The number of hydrogen-bond acceptors (Lipinski definition) is 2. The number of hydrogen-bond donors (Lipinski definition) is 1. The maximum Gasteiger partial charge on any atom is 0.0334 e. The fourth-order valence-corrected chi connectivity index (χ4v) is 4.38. The number of likely N-dealkylation sites (tertiary alicyclic amines) is 1. The molecule has 1 N–H and O–H groups in total. The minimum Gasteiger partial charge on any atom is -0.312 e. The lowest BCUT2D eigenvalue weighted by molar-refractivity contribution is 0.163. The van der Waals surface area contributed by atoms with Crippen LogP contribution in [0.25, 0.3) is 0 Å². The largest absolute Gasteiger partial charge is 0.312 e. The SMILES string of the molecule is CC(c1ccccc1Br)N1CCCC1C1CCCN1. The van der Waals surface area contributed by atoms with Gasteiger partial charge in [-0.05, 0) is 57.3 Å². The Morgan fingerprint density at radius 2 is 2.11 bits per heavy atom. The van der Waals surface area contributed by atoms with Gasteiger partial charge in [0.15, 0.2) is 0 Å². The summed E-state index contributed by atoms with van der Waals surface area (Å²) in [5.74, 6) is 0. The van der Waals surface area contributed by atoms with Gasteiger partial charge in [0.05, 0.1) is 0 Å². The van der Waals surface area contributed by atoms with Crippen molar-refractivity contribution in [2.45, 2.75) is 50.7 Å². The highest BCUT2D eigenvalue weighted by Crippen LogP contribution is 2.35. The monoisotopic (exact) mass is 322 g/mol. The molecule has 3 unspecified atom stereocenters. The molecule has 0 bridgehead atoms. The Morgan fingerprint density at radius 1 is 1.26 bits per heavy atom. The van der Waals surface area contributed by atoms with E-state index in [1.807, 2.05) is 0 Å². The zero-order valence-electron chi connectivity index (χ0n) is 11.6. The van der Waals surface area contributed by atoms with Crippen LogP contribution < -0.4 is 5.32 Å². The predicted molar refractivity (Wildman–Crippen MR) is 83.3 cm³/mol. The van der Waals surface area contributed by atoms with Gasteiger partial charge in [0.25, 0.3) is 0 Å². The van der Waals surface area contributed by atoms with Crippen molar-refractivity contribution in [3.8, 4) is 0 Å². The van der Waals surface area contributed by atoms with Crippen LogP contribution in [0.15, 0.2) is 28.7 Å². The Bertz CT molecular complexity index is 429. The average Bonchev–Trinajstić information content (AvgIpc) is 3.09. The highest BCUT2D eigenvalue weighted by molar-refractivity contribution is 9.10. The summed E-state index contributed by atoms with van der Waals surface area (Å²) in [4.78, 5) is 2.71. The Balaban J connectivity index is 1.78. The van der Waals surface area contributed by atoms with E-state index in [4.69, 9.17) is 0 Å². The summed E-state index contributed by atoms with van der Waals surface area (Å²) in [5, 5.41) is 3.70.